The first-order valence-electron chi connectivity index (χ1n) is 9.37. The molecule has 3 atom stereocenters. The normalized spacial score (nSPS) is 24.1. The van der Waals surface area contributed by atoms with Crippen LogP contribution in [-0.2, 0) is 6.18 Å². The van der Waals surface area contributed by atoms with Crippen LogP contribution in [0.15, 0.2) is 36.4 Å². The summed E-state index contributed by atoms with van der Waals surface area (Å²) in [6.45, 7) is -0.414. The number of carbonyl (C=O) groups is 1. The Labute approximate surface area is 185 Å². The molecule has 1 amide bonds. The molecule has 0 bridgehead atoms. The van der Waals surface area contributed by atoms with Crippen LogP contribution >= 0.6 is 23.2 Å². The van der Waals surface area contributed by atoms with Crippen molar-refractivity contribution >= 4 is 29.1 Å². The SMILES string of the molecule is O=C(NCC1(O)CCC(F)CC1c1cccc(F)c1Cl)c1cc(C(F)(F)F)ccc1Cl. The van der Waals surface area contributed by atoms with E-state index in [0.717, 1.165) is 18.2 Å². The molecule has 1 aliphatic rings. The molecule has 3 rings (SSSR count). The summed E-state index contributed by atoms with van der Waals surface area (Å²) in [5.74, 6) is -2.60. The van der Waals surface area contributed by atoms with E-state index in [-0.39, 0.29) is 34.9 Å². The fourth-order valence-corrected chi connectivity index (χ4v) is 4.26. The third-order valence-electron chi connectivity index (χ3n) is 5.48. The van der Waals surface area contributed by atoms with Crippen molar-refractivity contribution in [2.24, 2.45) is 0 Å². The summed E-state index contributed by atoms with van der Waals surface area (Å²) >= 11 is 11.9. The number of halogens is 7. The summed E-state index contributed by atoms with van der Waals surface area (Å²) in [5.41, 5.74) is -2.97. The van der Waals surface area contributed by atoms with Crippen molar-refractivity contribution in [2.75, 3.05) is 6.54 Å². The number of hydrogen-bond acceptors (Lipinski definition) is 2. The van der Waals surface area contributed by atoms with Crippen molar-refractivity contribution in [1.29, 1.82) is 0 Å². The third kappa shape index (κ3) is 5.13. The zero-order valence-corrected chi connectivity index (χ0v) is 17.5. The molecule has 168 valence electrons. The number of benzene rings is 2. The van der Waals surface area contributed by atoms with Gasteiger partial charge in [0.1, 0.15) is 12.0 Å². The highest BCUT2D eigenvalue weighted by Gasteiger charge is 2.44. The molecule has 0 saturated heterocycles. The molecule has 1 aliphatic carbocycles. The van der Waals surface area contributed by atoms with E-state index in [1.165, 1.54) is 12.1 Å². The van der Waals surface area contributed by atoms with Gasteiger partial charge >= 0.3 is 6.18 Å². The standard InChI is InChI=1S/C21H18Cl2F5NO2/c22-16-5-4-11(21(26,27)28)8-14(16)19(30)29-10-20(31)7-6-12(24)9-15(20)13-2-1-3-17(25)18(13)23/h1-5,8,12,15,31H,6-7,9-10H2,(H,29,30). The lowest BCUT2D eigenvalue weighted by atomic mass is 9.71. The summed E-state index contributed by atoms with van der Waals surface area (Å²) in [4.78, 5) is 12.5. The first-order chi connectivity index (χ1) is 14.4. The monoisotopic (exact) mass is 481 g/mol. The van der Waals surface area contributed by atoms with Crippen molar-refractivity contribution in [1.82, 2.24) is 5.32 Å². The molecule has 0 aromatic heterocycles. The number of alkyl halides is 4. The zero-order chi connectivity index (χ0) is 23.0. The molecule has 31 heavy (non-hydrogen) atoms. The van der Waals surface area contributed by atoms with Crippen LogP contribution in [0.4, 0.5) is 22.0 Å². The fraction of sp³-hybridized carbons (Fsp3) is 0.381. The smallest absolute Gasteiger partial charge is 0.387 e. The Morgan fingerprint density at radius 3 is 2.61 bits per heavy atom. The maximum atomic E-state index is 14.1. The van der Waals surface area contributed by atoms with E-state index in [1.807, 2.05) is 0 Å². The highest BCUT2D eigenvalue weighted by atomic mass is 35.5. The molecular weight excluding hydrogens is 464 g/mol. The number of nitrogens with one attached hydrogen (secondary N) is 1. The van der Waals surface area contributed by atoms with Gasteiger partial charge in [0.25, 0.3) is 5.91 Å². The van der Waals surface area contributed by atoms with E-state index in [4.69, 9.17) is 23.2 Å². The Balaban J connectivity index is 1.85. The Kier molecular flexibility index (Phi) is 6.84. The van der Waals surface area contributed by atoms with Gasteiger partial charge in [-0.15, -0.1) is 0 Å². The predicted molar refractivity (Wildman–Crippen MR) is 107 cm³/mol. The number of aliphatic hydroxyl groups is 1. The predicted octanol–water partition coefficient (Wildman–Crippen LogP) is 5.92. The van der Waals surface area contributed by atoms with Crippen molar-refractivity contribution < 1.29 is 31.9 Å². The summed E-state index contributed by atoms with van der Waals surface area (Å²) in [6.07, 6.45) is -6.16. The minimum atomic E-state index is -4.67. The van der Waals surface area contributed by atoms with Gasteiger partial charge in [0, 0.05) is 12.5 Å². The van der Waals surface area contributed by atoms with Gasteiger partial charge in [-0.05, 0) is 49.1 Å². The molecular formula is C21H18Cl2F5NO2. The lowest BCUT2D eigenvalue weighted by molar-refractivity contribution is -0.137. The van der Waals surface area contributed by atoms with Crippen LogP contribution in [0.2, 0.25) is 10.0 Å². The second-order valence-corrected chi connectivity index (χ2v) is 8.33. The summed E-state index contributed by atoms with van der Waals surface area (Å²) in [6, 6.07) is 6.28. The molecule has 2 N–H and O–H groups in total. The Morgan fingerprint density at radius 1 is 1.23 bits per heavy atom. The molecule has 0 heterocycles. The maximum absolute atomic E-state index is 14.1. The van der Waals surface area contributed by atoms with Crippen LogP contribution in [0.5, 0.6) is 0 Å². The molecule has 2 aromatic carbocycles. The van der Waals surface area contributed by atoms with E-state index < -0.39 is 53.3 Å². The summed E-state index contributed by atoms with van der Waals surface area (Å²) in [7, 11) is 0. The van der Waals surface area contributed by atoms with Crippen LogP contribution in [0, 0.1) is 5.82 Å². The molecule has 1 fully saturated rings. The van der Waals surface area contributed by atoms with E-state index in [2.05, 4.69) is 5.32 Å². The second kappa shape index (κ2) is 8.92. The van der Waals surface area contributed by atoms with Gasteiger partial charge in [0.15, 0.2) is 0 Å². The highest BCUT2D eigenvalue weighted by molar-refractivity contribution is 6.33. The first-order valence-corrected chi connectivity index (χ1v) is 10.1. The number of rotatable bonds is 4. The number of carbonyl (C=O) groups excluding carboxylic acids is 1. The van der Waals surface area contributed by atoms with E-state index in [0.29, 0.717) is 6.07 Å². The Morgan fingerprint density at radius 2 is 1.94 bits per heavy atom. The second-order valence-electron chi connectivity index (χ2n) is 7.55. The minimum Gasteiger partial charge on any atom is -0.387 e. The van der Waals surface area contributed by atoms with Crippen molar-refractivity contribution in [3.8, 4) is 0 Å². The zero-order valence-electron chi connectivity index (χ0n) is 15.9. The molecule has 3 unspecified atom stereocenters. The quantitative estimate of drug-likeness (QED) is 0.532. The molecule has 0 aliphatic heterocycles. The average molecular weight is 482 g/mol. The topological polar surface area (TPSA) is 49.3 Å². The molecule has 3 nitrogen and oxygen atoms in total. The van der Waals surface area contributed by atoms with Gasteiger partial charge < -0.3 is 10.4 Å². The summed E-state index contributed by atoms with van der Waals surface area (Å²) < 4.78 is 66.9. The number of amides is 1. The molecule has 2 aromatic rings. The Hall–Kier alpha value is -1.90. The molecule has 0 spiro atoms. The van der Waals surface area contributed by atoms with Crippen LogP contribution in [0.1, 0.15) is 46.7 Å². The highest BCUT2D eigenvalue weighted by Crippen LogP contribution is 2.44. The van der Waals surface area contributed by atoms with Crippen molar-refractivity contribution in [3.05, 3.63) is 69.0 Å². The van der Waals surface area contributed by atoms with E-state index >= 15 is 0 Å². The van der Waals surface area contributed by atoms with Crippen LogP contribution in [0.25, 0.3) is 0 Å². The average Bonchev–Trinajstić information content (AvgIpc) is 2.70. The minimum absolute atomic E-state index is 0.000119. The largest absolute Gasteiger partial charge is 0.416 e. The molecule has 0 radical (unpaired) electrons. The van der Waals surface area contributed by atoms with Crippen LogP contribution in [0.3, 0.4) is 0 Å². The van der Waals surface area contributed by atoms with Crippen molar-refractivity contribution in [3.63, 3.8) is 0 Å². The lowest BCUT2D eigenvalue weighted by Crippen LogP contribution is -2.50. The van der Waals surface area contributed by atoms with Gasteiger partial charge in [0.2, 0.25) is 0 Å². The van der Waals surface area contributed by atoms with Gasteiger partial charge in [0.05, 0.1) is 26.8 Å². The van der Waals surface area contributed by atoms with Crippen molar-refractivity contribution in [2.45, 2.75) is 43.1 Å². The molecule has 1 saturated carbocycles. The van der Waals surface area contributed by atoms with Gasteiger partial charge in [-0.25, -0.2) is 8.78 Å². The Bertz CT molecular complexity index is 985. The van der Waals surface area contributed by atoms with Crippen LogP contribution < -0.4 is 5.32 Å². The van der Waals surface area contributed by atoms with E-state index in [1.54, 1.807) is 0 Å². The number of hydrogen-bond donors (Lipinski definition) is 2. The third-order valence-corrected chi connectivity index (χ3v) is 6.21. The first kappa shape index (κ1) is 23.8. The van der Waals surface area contributed by atoms with Gasteiger partial charge in [-0.2, -0.15) is 13.2 Å². The van der Waals surface area contributed by atoms with E-state index in [9.17, 15) is 31.9 Å². The maximum Gasteiger partial charge on any atom is 0.416 e. The fourth-order valence-electron chi connectivity index (χ4n) is 3.80. The lowest BCUT2D eigenvalue weighted by Gasteiger charge is -2.42. The van der Waals surface area contributed by atoms with Crippen LogP contribution in [-0.4, -0.2) is 29.3 Å². The van der Waals surface area contributed by atoms with Gasteiger partial charge in [-0.3, -0.25) is 4.79 Å². The molecule has 10 heteroatoms. The summed E-state index contributed by atoms with van der Waals surface area (Å²) in [5, 5.41) is 13.1. The van der Waals surface area contributed by atoms with Gasteiger partial charge in [-0.1, -0.05) is 35.3 Å².